The highest BCUT2D eigenvalue weighted by Gasteiger charge is 2.48. The average molecular weight is 842 g/mol. The summed E-state index contributed by atoms with van der Waals surface area (Å²) in [7, 11) is 0. The van der Waals surface area contributed by atoms with Gasteiger partial charge in [0, 0.05) is 71.9 Å². The van der Waals surface area contributed by atoms with Gasteiger partial charge in [0.2, 0.25) is 0 Å². The zero-order valence-electron chi connectivity index (χ0n) is 36.5. The molecule has 15 rings (SSSR count). The Morgan fingerprint density at radius 3 is 1.97 bits per heavy atom. The van der Waals surface area contributed by atoms with Gasteiger partial charge >= 0.3 is 6.85 Å². The van der Waals surface area contributed by atoms with E-state index in [4.69, 9.17) is 4.42 Å². The summed E-state index contributed by atoms with van der Waals surface area (Å²) in [5.74, 6) is 0. The number of fused-ring (bicyclic) bond motifs is 15. The van der Waals surface area contributed by atoms with E-state index in [0.717, 1.165) is 50.4 Å². The highest BCUT2D eigenvalue weighted by molar-refractivity contribution is 6.90. The minimum atomic E-state index is -0.251. The molecule has 4 nitrogen and oxygen atoms in total. The summed E-state index contributed by atoms with van der Waals surface area (Å²) >= 11 is 0. The molecule has 2 aliphatic heterocycles. The molecular formula is C61H40BN3O. The molecule has 0 spiro atoms. The van der Waals surface area contributed by atoms with Crippen molar-refractivity contribution in [2.24, 2.45) is 0 Å². The number of furan rings is 1. The number of aromatic nitrogens is 1. The van der Waals surface area contributed by atoms with E-state index in [1.54, 1.807) is 0 Å². The zero-order valence-corrected chi connectivity index (χ0v) is 36.5. The van der Waals surface area contributed by atoms with Crippen LogP contribution in [-0.2, 0) is 5.41 Å². The summed E-state index contributed by atoms with van der Waals surface area (Å²) in [5, 5.41) is 7.29. The van der Waals surface area contributed by atoms with Crippen LogP contribution in [0.1, 0.15) is 25.0 Å². The first-order valence-corrected chi connectivity index (χ1v) is 23.0. The molecule has 0 atom stereocenters. The van der Waals surface area contributed by atoms with Gasteiger partial charge in [0.1, 0.15) is 5.58 Å². The molecule has 0 radical (unpaired) electrons. The third kappa shape index (κ3) is 4.64. The monoisotopic (exact) mass is 841 g/mol. The van der Waals surface area contributed by atoms with Crippen LogP contribution in [0, 0.1) is 0 Å². The van der Waals surface area contributed by atoms with E-state index >= 15 is 0 Å². The molecule has 1 aliphatic carbocycles. The molecule has 0 fully saturated rings. The van der Waals surface area contributed by atoms with Gasteiger partial charge in [-0.3, -0.25) is 0 Å². The third-order valence-electron chi connectivity index (χ3n) is 15.1. The maximum Gasteiger partial charge on any atom is 0.333 e. The van der Waals surface area contributed by atoms with Gasteiger partial charge in [-0.05, 0) is 111 Å². The van der Waals surface area contributed by atoms with Gasteiger partial charge in [0.15, 0.2) is 5.58 Å². The number of rotatable bonds is 4. The largest absolute Gasteiger partial charge is 0.454 e. The normalized spacial score (nSPS) is 14.0. The summed E-state index contributed by atoms with van der Waals surface area (Å²) in [6, 6.07) is 76.3. The Kier molecular flexibility index (Phi) is 7.07. The fourth-order valence-corrected chi connectivity index (χ4v) is 12.2. The first-order chi connectivity index (χ1) is 32.5. The van der Waals surface area contributed by atoms with Crippen LogP contribution in [0.25, 0.3) is 76.8 Å². The minimum absolute atomic E-state index is 0.135. The Hall–Kier alpha value is -8.28. The number of hydrogen-bond donors (Lipinski definition) is 0. The van der Waals surface area contributed by atoms with Crippen LogP contribution < -0.4 is 20.7 Å². The molecule has 0 saturated heterocycles. The van der Waals surface area contributed by atoms with Gasteiger partial charge in [0.25, 0.3) is 0 Å². The molecular weight excluding hydrogens is 802 g/mol. The molecule has 0 N–H and O–H groups in total. The summed E-state index contributed by atoms with van der Waals surface area (Å²) in [5.41, 5.74) is 21.1. The summed E-state index contributed by atoms with van der Waals surface area (Å²) in [6.07, 6.45) is 0. The molecule has 66 heavy (non-hydrogen) atoms. The van der Waals surface area contributed by atoms with E-state index in [0.29, 0.717) is 0 Å². The standard InChI is InChI=1S/C61H40BN3O/c1-61(2)49-28-13-11-24-46(49)56-50(61)36-48-44-26-15-25-43-47-33-37-17-9-10-18-38(37)34-53(47)65(58(43)44)62-51-32-31-41(63(39-19-5-3-6-20-39)40-21-7-4-8-22-40)35-54(51)64(59(56)57(48)62)52-29-16-27-45-42-23-12-14-30-55(42)66-60(45)52/h3-36H,1-2H3. The van der Waals surface area contributed by atoms with Crippen LogP contribution in [0.3, 0.4) is 0 Å². The van der Waals surface area contributed by atoms with Crippen LogP contribution in [-0.4, -0.2) is 11.3 Å². The van der Waals surface area contributed by atoms with Crippen molar-refractivity contribution in [3.63, 3.8) is 0 Å². The number of benzene rings is 10. The van der Waals surface area contributed by atoms with E-state index in [9.17, 15) is 0 Å². The lowest BCUT2D eigenvalue weighted by Gasteiger charge is -2.42. The van der Waals surface area contributed by atoms with Crippen molar-refractivity contribution in [2.75, 3.05) is 9.80 Å². The van der Waals surface area contributed by atoms with Crippen LogP contribution in [0.5, 0.6) is 0 Å². The van der Waals surface area contributed by atoms with E-state index in [2.05, 4.69) is 234 Å². The van der Waals surface area contributed by atoms with Crippen LogP contribution >= 0.6 is 0 Å². The molecule has 5 heteroatoms. The SMILES string of the molecule is CC1(C)c2ccccc2-c2c1cc1c3c2N(c2cccc4c2oc2ccccc24)c2cc(N(c4ccccc4)c4ccccc4)ccc2B3n2c3cc4ccccc4cc3c3cccc-1c32. The molecule has 12 aromatic rings. The van der Waals surface area contributed by atoms with E-state index < -0.39 is 0 Å². The Bertz CT molecular complexity index is 4010. The topological polar surface area (TPSA) is 24.6 Å². The molecule has 3 aliphatic rings. The van der Waals surface area contributed by atoms with E-state index in [1.807, 2.05) is 0 Å². The molecule has 0 amide bonds. The maximum absolute atomic E-state index is 7.04. The van der Waals surface area contributed by atoms with Gasteiger partial charge < -0.3 is 18.7 Å². The second kappa shape index (κ2) is 12.9. The molecule has 4 heterocycles. The molecule has 2 aromatic heterocycles. The maximum atomic E-state index is 7.04. The first kappa shape index (κ1) is 36.1. The fraction of sp³-hybridized carbons (Fsp3) is 0.0492. The summed E-state index contributed by atoms with van der Waals surface area (Å²) in [4.78, 5) is 4.98. The number of nitrogens with zero attached hydrogens (tertiary/aromatic N) is 3. The van der Waals surface area contributed by atoms with Crippen molar-refractivity contribution in [3.8, 4) is 22.3 Å². The second-order valence-electron chi connectivity index (χ2n) is 18.8. The number of para-hydroxylation sites is 5. The van der Waals surface area contributed by atoms with Gasteiger partial charge in [-0.2, -0.15) is 0 Å². The van der Waals surface area contributed by atoms with Crippen LogP contribution in [0.2, 0.25) is 0 Å². The predicted octanol–water partition coefficient (Wildman–Crippen LogP) is 15.0. The molecule has 0 saturated carbocycles. The first-order valence-electron chi connectivity index (χ1n) is 23.0. The lowest BCUT2D eigenvalue weighted by Crippen LogP contribution is -2.57. The highest BCUT2D eigenvalue weighted by Crippen LogP contribution is 2.58. The molecule has 308 valence electrons. The van der Waals surface area contributed by atoms with Crippen molar-refractivity contribution in [1.29, 1.82) is 0 Å². The zero-order chi connectivity index (χ0) is 43.4. The Morgan fingerprint density at radius 2 is 1.15 bits per heavy atom. The van der Waals surface area contributed by atoms with Gasteiger partial charge in [-0.25, -0.2) is 0 Å². The quantitative estimate of drug-likeness (QED) is 0.165. The predicted molar refractivity (Wildman–Crippen MR) is 277 cm³/mol. The summed E-state index contributed by atoms with van der Waals surface area (Å²) < 4.78 is 9.74. The van der Waals surface area contributed by atoms with Crippen LogP contribution in [0.15, 0.2) is 211 Å². The molecule has 10 aromatic carbocycles. The molecule has 0 unspecified atom stereocenters. The summed E-state index contributed by atoms with van der Waals surface area (Å²) in [6.45, 7) is 4.69. The Balaban J connectivity index is 1.14. The number of anilines is 6. The lowest BCUT2D eigenvalue weighted by molar-refractivity contribution is 0.660. The minimum Gasteiger partial charge on any atom is -0.454 e. The number of hydrogen-bond acceptors (Lipinski definition) is 3. The van der Waals surface area contributed by atoms with E-state index in [1.165, 1.54) is 82.6 Å². The lowest BCUT2D eigenvalue weighted by atomic mass is 9.44. The van der Waals surface area contributed by atoms with Crippen molar-refractivity contribution in [2.45, 2.75) is 19.3 Å². The van der Waals surface area contributed by atoms with Crippen molar-refractivity contribution in [1.82, 2.24) is 4.48 Å². The third-order valence-corrected chi connectivity index (χ3v) is 15.1. The van der Waals surface area contributed by atoms with Gasteiger partial charge in [0.05, 0.1) is 11.4 Å². The smallest absolute Gasteiger partial charge is 0.333 e. The van der Waals surface area contributed by atoms with Crippen LogP contribution in [0.4, 0.5) is 34.1 Å². The van der Waals surface area contributed by atoms with Crippen molar-refractivity contribution in [3.05, 3.63) is 217 Å². The van der Waals surface area contributed by atoms with Gasteiger partial charge in [-0.15, -0.1) is 0 Å². The highest BCUT2D eigenvalue weighted by atomic mass is 16.3. The second-order valence-corrected chi connectivity index (χ2v) is 18.8. The van der Waals surface area contributed by atoms with Crippen molar-refractivity contribution >= 4 is 106 Å². The van der Waals surface area contributed by atoms with Gasteiger partial charge in [-0.1, -0.05) is 153 Å². The Morgan fingerprint density at radius 1 is 0.485 bits per heavy atom. The fourth-order valence-electron chi connectivity index (χ4n) is 12.2. The van der Waals surface area contributed by atoms with E-state index in [-0.39, 0.29) is 12.3 Å². The van der Waals surface area contributed by atoms with Crippen molar-refractivity contribution < 1.29 is 4.42 Å². The molecule has 0 bridgehead atoms. The average Bonchev–Trinajstić information content (AvgIpc) is 3.98. The Labute approximate surface area is 382 Å².